The molecule has 146 valence electrons. The number of carboxylic acid groups (broad SMARTS) is 1. The van der Waals surface area contributed by atoms with Crippen LogP contribution in [0.3, 0.4) is 0 Å². The molecule has 0 spiro atoms. The summed E-state index contributed by atoms with van der Waals surface area (Å²) < 4.78 is 2.01. The first kappa shape index (κ1) is 18.7. The summed E-state index contributed by atoms with van der Waals surface area (Å²) in [6.07, 6.45) is 3.31. The lowest BCUT2D eigenvalue weighted by molar-refractivity contribution is -0.141. The Balaban J connectivity index is 1.62. The monoisotopic (exact) mass is 396 g/mol. The Morgan fingerprint density at radius 2 is 2.11 bits per heavy atom. The van der Waals surface area contributed by atoms with Crippen molar-refractivity contribution in [2.24, 2.45) is 0 Å². The molecule has 2 N–H and O–H groups in total. The zero-order valence-corrected chi connectivity index (χ0v) is 16.7. The summed E-state index contributed by atoms with van der Waals surface area (Å²) in [6.45, 7) is 1.91. The Bertz CT molecular complexity index is 1010. The Labute approximate surface area is 168 Å². The number of amides is 1. The Morgan fingerprint density at radius 1 is 1.29 bits per heavy atom. The highest BCUT2D eigenvalue weighted by Gasteiger charge is 2.30. The molecule has 1 amide bonds. The predicted octanol–water partition coefficient (Wildman–Crippen LogP) is 3.95. The number of thiophene rings is 1. The van der Waals surface area contributed by atoms with Crippen molar-refractivity contribution in [3.63, 3.8) is 0 Å². The van der Waals surface area contributed by atoms with Gasteiger partial charge in [-0.1, -0.05) is 31.2 Å². The second-order valence-corrected chi connectivity index (χ2v) is 8.37. The van der Waals surface area contributed by atoms with Crippen molar-refractivity contribution in [2.45, 2.75) is 51.1 Å². The molecule has 4 rings (SSSR count). The van der Waals surface area contributed by atoms with Crippen molar-refractivity contribution in [3.05, 3.63) is 57.9 Å². The van der Waals surface area contributed by atoms with Crippen LogP contribution in [0.15, 0.2) is 41.8 Å². The lowest BCUT2D eigenvalue weighted by Gasteiger charge is -2.26. The average molecular weight is 397 g/mol. The second-order valence-electron chi connectivity index (χ2n) is 7.34. The molecule has 0 aliphatic heterocycles. The molecule has 28 heavy (non-hydrogen) atoms. The number of para-hydroxylation sites is 1. The Kier molecular flexibility index (Phi) is 5.22. The molecule has 2 heterocycles. The number of rotatable bonds is 6. The summed E-state index contributed by atoms with van der Waals surface area (Å²) in [4.78, 5) is 25.3. The van der Waals surface area contributed by atoms with Gasteiger partial charge >= 0.3 is 5.97 Å². The van der Waals surface area contributed by atoms with Gasteiger partial charge in [0.2, 0.25) is 5.91 Å². The molecule has 1 aliphatic carbocycles. The van der Waals surface area contributed by atoms with Gasteiger partial charge in [0.05, 0.1) is 6.42 Å². The number of nitrogens with zero attached hydrogens (tertiary/aromatic N) is 1. The van der Waals surface area contributed by atoms with Crippen molar-refractivity contribution in [1.82, 2.24) is 9.88 Å². The first-order chi connectivity index (χ1) is 13.6. The number of carbonyl (C=O) groups excluding carboxylic acids is 1. The van der Waals surface area contributed by atoms with Gasteiger partial charge in [-0.3, -0.25) is 4.79 Å². The highest BCUT2D eigenvalue weighted by Crippen LogP contribution is 2.35. The molecular weight excluding hydrogens is 372 g/mol. The van der Waals surface area contributed by atoms with E-state index in [9.17, 15) is 14.7 Å². The maximum Gasteiger partial charge on any atom is 0.326 e. The first-order valence-corrected chi connectivity index (χ1v) is 10.6. The van der Waals surface area contributed by atoms with Crippen LogP contribution in [-0.2, 0) is 28.9 Å². The SMILES string of the molecule is CCC(C(=O)O)n1c2c(c3ccccc31)CC(NC(=O)Cc1cccs1)CC2. The van der Waals surface area contributed by atoms with Gasteiger partial charge in [-0.25, -0.2) is 4.79 Å². The first-order valence-electron chi connectivity index (χ1n) is 9.73. The van der Waals surface area contributed by atoms with Crippen molar-refractivity contribution in [1.29, 1.82) is 0 Å². The molecule has 5 nitrogen and oxygen atoms in total. The van der Waals surface area contributed by atoms with E-state index < -0.39 is 12.0 Å². The molecule has 0 saturated heterocycles. The van der Waals surface area contributed by atoms with E-state index in [0.717, 1.165) is 40.7 Å². The van der Waals surface area contributed by atoms with E-state index in [2.05, 4.69) is 11.4 Å². The van der Waals surface area contributed by atoms with E-state index in [1.807, 2.05) is 47.2 Å². The zero-order chi connectivity index (χ0) is 19.7. The third-order valence-corrected chi connectivity index (χ3v) is 6.45. The summed E-state index contributed by atoms with van der Waals surface area (Å²) >= 11 is 1.60. The van der Waals surface area contributed by atoms with E-state index in [4.69, 9.17) is 0 Å². The van der Waals surface area contributed by atoms with E-state index >= 15 is 0 Å². The van der Waals surface area contributed by atoms with Crippen LogP contribution in [-0.4, -0.2) is 27.6 Å². The number of hydrogen-bond donors (Lipinski definition) is 2. The number of benzene rings is 1. The predicted molar refractivity (Wildman–Crippen MR) is 111 cm³/mol. The summed E-state index contributed by atoms with van der Waals surface area (Å²) in [6, 6.07) is 11.5. The van der Waals surface area contributed by atoms with Crippen LogP contribution < -0.4 is 5.32 Å². The summed E-state index contributed by atoms with van der Waals surface area (Å²) in [5.41, 5.74) is 3.27. The second kappa shape index (κ2) is 7.80. The van der Waals surface area contributed by atoms with Gasteiger partial charge in [-0.2, -0.15) is 0 Å². The van der Waals surface area contributed by atoms with Gasteiger partial charge in [0.15, 0.2) is 0 Å². The van der Waals surface area contributed by atoms with Gasteiger partial charge in [0.1, 0.15) is 6.04 Å². The standard InChI is InChI=1S/C22H24N2O3S/c1-2-18(22(26)27)24-19-8-4-3-7-16(19)17-12-14(9-10-20(17)24)23-21(25)13-15-6-5-11-28-15/h3-8,11,14,18H,2,9-10,12-13H2,1H3,(H,23,25)(H,26,27). The molecule has 0 radical (unpaired) electrons. The van der Waals surface area contributed by atoms with E-state index in [0.29, 0.717) is 12.8 Å². The van der Waals surface area contributed by atoms with Crippen LogP contribution in [0.5, 0.6) is 0 Å². The number of fused-ring (bicyclic) bond motifs is 3. The maximum atomic E-state index is 12.4. The number of carboxylic acids is 1. The molecule has 1 aromatic carbocycles. The highest BCUT2D eigenvalue weighted by molar-refractivity contribution is 7.10. The molecule has 3 aromatic rings. The highest BCUT2D eigenvalue weighted by atomic mass is 32.1. The van der Waals surface area contributed by atoms with Crippen molar-refractivity contribution in [2.75, 3.05) is 0 Å². The van der Waals surface area contributed by atoms with Crippen LogP contribution in [0.1, 0.15) is 41.9 Å². The normalized spacial score (nSPS) is 17.2. The molecule has 0 saturated carbocycles. The lowest BCUT2D eigenvalue weighted by Crippen LogP contribution is -2.39. The Morgan fingerprint density at radius 3 is 2.82 bits per heavy atom. The molecule has 6 heteroatoms. The molecule has 0 fully saturated rings. The van der Waals surface area contributed by atoms with Crippen molar-refractivity contribution < 1.29 is 14.7 Å². The molecule has 2 aromatic heterocycles. The maximum absolute atomic E-state index is 12.4. The number of aliphatic carboxylic acids is 1. The number of carbonyl (C=O) groups is 2. The molecule has 2 atom stereocenters. The molecule has 1 aliphatic rings. The van der Waals surface area contributed by atoms with E-state index in [1.165, 1.54) is 5.56 Å². The van der Waals surface area contributed by atoms with Crippen LogP contribution in [0.4, 0.5) is 0 Å². The quantitative estimate of drug-likeness (QED) is 0.663. The number of nitrogens with one attached hydrogen (secondary N) is 1. The van der Waals surface area contributed by atoms with Gasteiger partial charge in [-0.15, -0.1) is 11.3 Å². The van der Waals surface area contributed by atoms with Crippen LogP contribution in [0, 0.1) is 0 Å². The summed E-state index contributed by atoms with van der Waals surface area (Å²) in [5, 5.41) is 16.0. The van der Waals surface area contributed by atoms with Crippen LogP contribution >= 0.6 is 11.3 Å². The minimum Gasteiger partial charge on any atom is -0.480 e. The fourth-order valence-electron chi connectivity index (χ4n) is 4.34. The van der Waals surface area contributed by atoms with E-state index in [1.54, 1.807) is 11.3 Å². The molecule has 2 unspecified atom stereocenters. The smallest absolute Gasteiger partial charge is 0.326 e. The number of aromatic nitrogens is 1. The number of hydrogen-bond acceptors (Lipinski definition) is 3. The lowest BCUT2D eigenvalue weighted by atomic mass is 9.91. The average Bonchev–Trinajstić information content (AvgIpc) is 3.29. The van der Waals surface area contributed by atoms with Crippen molar-refractivity contribution >= 4 is 34.1 Å². The zero-order valence-electron chi connectivity index (χ0n) is 15.9. The summed E-state index contributed by atoms with van der Waals surface area (Å²) in [5.74, 6) is -0.742. The molecular formula is C22H24N2O3S. The van der Waals surface area contributed by atoms with Gasteiger partial charge in [-0.05, 0) is 48.8 Å². The third kappa shape index (κ3) is 3.44. The van der Waals surface area contributed by atoms with Crippen LogP contribution in [0.25, 0.3) is 10.9 Å². The van der Waals surface area contributed by atoms with Crippen LogP contribution in [0.2, 0.25) is 0 Å². The largest absolute Gasteiger partial charge is 0.480 e. The third-order valence-electron chi connectivity index (χ3n) is 5.57. The van der Waals surface area contributed by atoms with E-state index in [-0.39, 0.29) is 11.9 Å². The Hall–Kier alpha value is -2.60. The van der Waals surface area contributed by atoms with Crippen molar-refractivity contribution in [3.8, 4) is 0 Å². The van der Waals surface area contributed by atoms with Gasteiger partial charge in [0.25, 0.3) is 0 Å². The fraction of sp³-hybridized carbons (Fsp3) is 0.364. The fourth-order valence-corrected chi connectivity index (χ4v) is 5.04. The van der Waals surface area contributed by atoms with Gasteiger partial charge in [0, 0.05) is 27.5 Å². The minimum atomic E-state index is -0.794. The summed E-state index contributed by atoms with van der Waals surface area (Å²) in [7, 11) is 0. The topological polar surface area (TPSA) is 71.3 Å². The molecule has 0 bridgehead atoms. The minimum absolute atomic E-state index is 0.0524. The van der Waals surface area contributed by atoms with Gasteiger partial charge < -0.3 is 15.0 Å².